The molecule has 0 aromatic heterocycles. The van der Waals surface area contributed by atoms with Gasteiger partial charge in [0.25, 0.3) is 11.8 Å². The third-order valence-corrected chi connectivity index (χ3v) is 5.28. The van der Waals surface area contributed by atoms with Crippen molar-refractivity contribution in [1.29, 1.82) is 0 Å². The second-order valence-corrected chi connectivity index (χ2v) is 7.42. The fraction of sp³-hybridized carbons (Fsp3) is 0.208. The number of alkyl halides is 4. The molecule has 0 saturated carbocycles. The van der Waals surface area contributed by atoms with Crippen molar-refractivity contribution in [2.24, 2.45) is 0 Å². The van der Waals surface area contributed by atoms with Crippen LogP contribution in [-0.2, 0) is 16.0 Å². The molecule has 0 bridgehead atoms. The van der Waals surface area contributed by atoms with Gasteiger partial charge in [0, 0.05) is 10.8 Å². The summed E-state index contributed by atoms with van der Waals surface area (Å²) in [6.07, 6.45) is -0.294. The molecular formula is C24H16F5NO6. The predicted molar refractivity (Wildman–Crippen MR) is 115 cm³/mol. The van der Waals surface area contributed by atoms with Gasteiger partial charge in [-0.15, -0.1) is 0 Å². The fourth-order valence-corrected chi connectivity index (χ4v) is 3.96. The third-order valence-electron chi connectivity index (χ3n) is 5.28. The normalized spacial score (nSPS) is 13.1. The molecule has 0 atom stereocenters. The third kappa shape index (κ3) is 4.41. The Bertz CT molecular complexity index is 1310. The van der Waals surface area contributed by atoms with Crippen LogP contribution in [0.5, 0.6) is 11.5 Å². The van der Waals surface area contributed by atoms with Crippen LogP contribution < -0.4 is 14.4 Å². The number of fused-ring (bicyclic) bond motifs is 2. The molecule has 12 heteroatoms. The smallest absolute Gasteiger partial charge is 0.387 e. The maximum Gasteiger partial charge on any atom is 0.387 e. The fourth-order valence-electron chi connectivity index (χ4n) is 3.96. The summed E-state index contributed by atoms with van der Waals surface area (Å²) in [6.45, 7) is -5.18. The minimum Gasteiger partial charge on any atom is -0.466 e. The summed E-state index contributed by atoms with van der Waals surface area (Å²) in [5.74, 6) is -5.79. The number of carbonyl (C=O) groups excluding carboxylic acids is 3. The topological polar surface area (TPSA) is 82.1 Å². The summed E-state index contributed by atoms with van der Waals surface area (Å²) in [7, 11) is 0. The lowest BCUT2D eigenvalue weighted by Gasteiger charge is -2.16. The molecule has 0 fully saturated rings. The van der Waals surface area contributed by atoms with Crippen LogP contribution in [0.2, 0.25) is 0 Å². The Hall–Kier alpha value is -4.22. The number of amides is 2. The largest absolute Gasteiger partial charge is 0.466 e. The minimum atomic E-state index is -3.43. The molecule has 0 aliphatic carbocycles. The summed E-state index contributed by atoms with van der Waals surface area (Å²) in [5, 5.41) is -0.388. The number of halogens is 5. The Kier molecular flexibility index (Phi) is 6.77. The zero-order valence-corrected chi connectivity index (χ0v) is 18.4. The first kappa shape index (κ1) is 24.9. The molecule has 0 radical (unpaired) electrons. The number of hydrogen-bond acceptors (Lipinski definition) is 6. The monoisotopic (exact) mass is 509 g/mol. The number of nitrogens with zero attached hydrogens (tertiary/aromatic N) is 1. The molecule has 3 aromatic carbocycles. The van der Waals surface area contributed by atoms with Crippen molar-refractivity contribution >= 4 is 34.2 Å². The molecule has 188 valence electrons. The summed E-state index contributed by atoms with van der Waals surface area (Å²) < 4.78 is 81.9. The van der Waals surface area contributed by atoms with Crippen LogP contribution >= 0.6 is 0 Å². The summed E-state index contributed by atoms with van der Waals surface area (Å²) in [6, 6.07) is 8.35. The summed E-state index contributed by atoms with van der Waals surface area (Å²) in [4.78, 5) is 38.6. The van der Waals surface area contributed by atoms with Crippen molar-refractivity contribution in [1.82, 2.24) is 0 Å². The van der Waals surface area contributed by atoms with Crippen molar-refractivity contribution < 1.29 is 50.5 Å². The van der Waals surface area contributed by atoms with Crippen LogP contribution in [-0.4, -0.2) is 37.6 Å². The van der Waals surface area contributed by atoms with Crippen LogP contribution in [0.3, 0.4) is 0 Å². The van der Waals surface area contributed by atoms with Crippen LogP contribution in [0.15, 0.2) is 42.5 Å². The molecule has 0 unspecified atom stereocenters. The van der Waals surface area contributed by atoms with E-state index in [1.54, 1.807) is 6.92 Å². The molecule has 7 nitrogen and oxygen atoms in total. The number of rotatable bonds is 8. The Morgan fingerprint density at radius 3 is 1.86 bits per heavy atom. The lowest BCUT2D eigenvalue weighted by Crippen LogP contribution is -2.30. The van der Waals surface area contributed by atoms with Gasteiger partial charge < -0.3 is 14.2 Å². The molecule has 3 aromatic rings. The molecule has 0 saturated heterocycles. The van der Waals surface area contributed by atoms with E-state index in [2.05, 4.69) is 9.47 Å². The minimum absolute atomic E-state index is 0.106. The highest BCUT2D eigenvalue weighted by molar-refractivity contribution is 6.38. The van der Waals surface area contributed by atoms with Gasteiger partial charge in [-0.05, 0) is 24.6 Å². The van der Waals surface area contributed by atoms with Crippen LogP contribution in [0, 0.1) is 5.82 Å². The predicted octanol–water partition coefficient (Wildman–Crippen LogP) is 5.09. The van der Waals surface area contributed by atoms with E-state index in [0.29, 0.717) is 4.90 Å². The van der Waals surface area contributed by atoms with Gasteiger partial charge in [0.2, 0.25) is 0 Å². The van der Waals surface area contributed by atoms with Gasteiger partial charge in [-0.2, -0.15) is 17.6 Å². The van der Waals surface area contributed by atoms with E-state index in [4.69, 9.17) is 4.74 Å². The Morgan fingerprint density at radius 1 is 0.889 bits per heavy atom. The number of esters is 1. The molecule has 1 aliphatic rings. The highest BCUT2D eigenvalue weighted by Gasteiger charge is 2.45. The first-order valence-electron chi connectivity index (χ1n) is 10.4. The van der Waals surface area contributed by atoms with Crippen molar-refractivity contribution in [3.05, 3.63) is 65.0 Å². The van der Waals surface area contributed by atoms with Gasteiger partial charge >= 0.3 is 19.2 Å². The highest BCUT2D eigenvalue weighted by Crippen LogP contribution is 2.47. The van der Waals surface area contributed by atoms with E-state index in [-0.39, 0.29) is 29.4 Å². The lowest BCUT2D eigenvalue weighted by atomic mass is 9.99. The number of imide groups is 1. The van der Waals surface area contributed by atoms with E-state index >= 15 is 4.39 Å². The molecule has 0 spiro atoms. The van der Waals surface area contributed by atoms with Gasteiger partial charge in [0.1, 0.15) is 17.3 Å². The van der Waals surface area contributed by atoms with Gasteiger partial charge in [-0.25, -0.2) is 9.29 Å². The molecular weight excluding hydrogens is 493 g/mol. The average molecular weight is 509 g/mol. The van der Waals surface area contributed by atoms with Crippen molar-refractivity contribution in [3.63, 3.8) is 0 Å². The lowest BCUT2D eigenvalue weighted by molar-refractivity contribution is -0.142. The van der Waals surface area contributed by atoms with Gasteiger partial charge in [0.15, 0.2) is 0 Å². The number of ether oxygens (including phenoxy) is 3. The standard InChI is InChI=1S/C24H16F5NO6/c1-2-34-16(31)10-11-7-8-15(14(25)9-11)30-21(32)17-18(22(30)33)20(36-24(28)29)13-6-4-3-5-12(13)19(17)35-23(26)27/h3-9,23-24H,2,10H2,1H3. The molecule has 1 heterocycles. The number of carbonyl (C=O) groups is 3. The first-order chi connectivity index (χ1) is 17.1. The average Bonchev–Trinajstić information content (AvgIpc) is 3.06. The van der Waals surface area contributed by atoms with Crippen LogP contribution in [0.1, 0.15) is 33.2 Å². The quantitative estimate of drug-likeness (QED) is 0.239. The maximum absolute atomic E-state index is 15.0. The van der Waals surface area contributed by atoms with Gasteiger partial charge in [0.05, 0.1) is 29.8 Å². The molecule has 36 heavy (non-hydrogen) atoms. The number of hydrogen-bond donors (Lipinski definition) is 0. The Morgan fingerprint density at radius 2 is 1.42 bits per heavy atom. The highest BCUT2D eigenvalue weighted by atomic mass is 19.3. The van der Waals surface area contributed by atoms with Crippen molar-refractivity contribution in [3.8, 4) is 11.5 Å². The van der Waals surface area contributed by atoms with E-state index in [9.17, 15) is 31.9 Å². The second kappa shape index (κ2) is 9.80. The van der Waals surface area contributed by atoms with Crippen LogP contribution in [0.25, 0.3) is 10.8 Å². The van der Waals surface area contributed by atoms with E-state index in [0.717, 1.165) is 12.1 Å². The Labute approximate surface area is 199 Å². The summed E-state index contributed by atoms with van der Waals surface area (Å²) in [5.41, 5.74) is -1.97. The Balaban J connectivity index is 1.88. The number of benzene rings is 3. The van der Waals surface area contributed by atoms with Crippen molar-refractivity contribution in [2.75, 3.05) is 11.5 Å². The first-order valence-corrected chi connectivity index (χ1v) is 10.4. The molecule has 2 amide bonds. The van der Waals surface area contributed by atoms with Gasteiger partial charge in [-0.1, -0.05) is 30.3 Å². The zero-order valence-electron chi connectivity index (χ0n) is 18.4. The summed E-state index contributed by atoms with van der Waals surface area (Å²) >= 11 is 0. The molecule has 0 N–H and O–H groups in total. The van der Waals surface area contributed by atoms with E-state index in [1.165, 1.54) is 30.3 Å². The second-order valence-electron chi connectivity index (χ2n) is 7.42. The molecule has 1 aliphatic heterocycles. The van der Waals surface area contributed by atoms with Crippen LogP contribution in [0.4, 0.5) is 27.6 Å². The van der Waals surface area contributed by atoms with Crippen molar-refractivity contribution in [2.45, 2.75) is 26.6 Å². The van der Waals surface area contributed by atoms with Gasteiger partial charge in [-0.3, -0.25) is 14.4 Å². The SMILES string of the molecule is CCOC(=O)Cc1ccc(N2C(=O)c3c(c(OC(F)F)c4ccccc4c3OC(F)F)C2=O)c(F)c1. The maximum atomic E-state index is 15.0. The van der Waals surface area contributed by atoms with E-state index < -0.39 is 65.1 Å². The zero-order chi connectivity index (χ0) is 26.1. The number of anilines is 1. The molecule has 4 rings (SSSR count). The van der Waals surface area contributed by atoms with E-state index in [1.807, 2.05) is 0 Å².